The second-order valence-corrected chi connectivity index (χ2v) is 3.48. The fourth-order valence-corrected chi connectivity index (χ4v) is 1.53. The number of rotatable bonds is 0. The van der Waals surface area contributed by atoms with E-state index in [2.05, 4.69) is 11.4 Å². The number of ether oxygens (including phenoxy) is 1. The minimum absolute atomic E-state index is 0.860. The second kappa shape index (κ2) is 5.81. The molecular formula is C14H15NO. The van der Waals surface area contributed by atoms with Crippen LogP contribution in [-0.2, 0) is 6.42 Å². The van der Waals surface area contributed by atoms with E-state index in [1.807, 2.05) is 54.9 Å². The summed E-state index contributed by atoms with van der Waals surface area (Å²) in [4.78, 5) is 0. The van der Waals surface area contributed by atoms with Gasteiger partial charge in [0.05, 0.1) is 6.61 Å². The summed E-state index contributed by atoms with van der Waals surface area (Å²) in [6.45, 7) is 0.860. The maximum absolute atomic E-state index is 5.30. The van der Waals surface area contributed by atoms with Crippen molar-refractivity contribution in [3.8, 4) is 5.75 Å². The average Bonchev–Trinajstić information content (AvgIpc) is 2.61. The van der Waals surface area contributed by atoms with E-state index < -0.39 is 0 Å². The molecule has 2 nitrogen and oxygen atoms in total. The number of hydrogen-bond donors (Lipinski definition) is 1. The van der Waals surface area contributed by atoms with Crippen LogP contribution in [0.4, 0.5) is 0 Å². The van der Waals surface area contributed by atoms with Crippen LogP contribution in [-0.4, -0.2) is 6.61 Å². The van der Waals surface area contributed by atoms with Gasteiger partial charge in [0.1, 0.15) is 5.75 Å². The van der Waals surface area contributed by atoms with Gasteiger partial charge in [0.15, 0.2) is 0 Å². The Balaban J connectivity index is 0.000000125. The van der Waals surface area contributed by atoms with E-state index in [9.17, 15) is 0 Å². The predicted octanol–water partition coefficient (Wildman–Crippen LogP) is 2.79. The maximum atomic E-state index is 5.30. The molecule has 82 valence electrons. The van der Waals surface area contributed by atoms with Crippen molar-refractivity contribution >= 4 is 0 Å². The molecule has 1 aromatic rings. The second-order valence-electron chi connectivity index (χ2n) is 3.48. The molecule has 3 rings (SSSR count). The molecule has 0 saturated heterocycles. The van der Waals surface area contributed by atoms with E-state index in [-0.39, 0.29) is 0 Å². The molecule has 0 atom stereocenters. The van der Waals surface area contributed by atoms with Gasteiger partial charge in [-0.1, -0.05) is 30.4 Å². The Bertz CT molecular complexity index is 381. The minimum Gasteiger partial charge on any atom is -0.493 e. The van der Waals surface area contributed by atoms with E-state index in [0.29, 0.717) is 0 Å². The van der Waals surface area contributed by atoms with Crippen LogP contribution in [0.5, 0.6) is 5.75 Å². The van der Waals surface area contributed by atoms with Crippen LogP contribution in [0.25, 0.3) is 0 Å². The first-order valence-electron chi connectivity index (χ1n) is 5.42. The summed E-state index contributed by atoms with van der Waals surface area (Å²) in [6.07, 6.45) is 12.7. The Morgan fingerprint density at radius 1 is 0.938 bits per heavy atom. The molecule has 0 aliphatic carbocycles. The summed E-state index contributed by atoms with van der Waals surface area (Å²) in [5.74, 6) is 1.07. The molecule has 2 heterocycles. The van der Waals surface area contributed by atoms with Crippen molar-refractivity contribution in [1.29, 1.82) is 0 Å². The third kappa shape index (κ3) is 3.02. The number of benzene rings is 1. The van der Waals surface area contributed by atoms with Crippen LogP contribution < -0.4 is 10.1 Å². The molecule has 0 saturated carbocycles. The van der Waals surface area contributed by atoms with Crippen molar-refractivity contribution in [1.82, 2.24) is 5.32 Å². The lowest BCUT2D eigenvalue weighted by atomic mass is 10.2. The maximum Gasteiger partial charge on any atom is 0.122 e. The lowest BCUT2D eigenvalue weighted by Crippen LogP contribution is -1.87. The molecule has 0 aromatic heterocycles. The van der Waals surface area contributed by atoms with Crippen LogP contribution >= 0.6 is 0 Å². The van der Waals surface area contributed by atoms with Crippen LogP contribution in [0.15, 0.2) is 61.0 Å². The Hall–Kier alpha value is -1.96. The SMILES string of the molecule is C1=CC=CNC=C1.c1ccc2c(c1)CCO2. The Morgan fingerprint density at radius 3 is 2.44 bits per heavy atom. The lowest BCUT2D eigenvalue weighted by Gasteiger charge is -1.93. The Morgan fingerprint density at radius 2 is 1.69 bits per heavy atom. The minimum atomic E-state index is 0.860. The lowest BCUT2D eigenvalue weighted by molar-refractivity contribution is 0.357. The predicted molar refractivity (Wildman–Crippen MR) is 66.2 cm³/mol. The molecule has 2 aliphatic rings. The van der Waals surface area contributed by atoms with Gasteiger partial charge in [0, 0.05) is 18.8 Å². The van der Waals surface area contributed by atoms with Gasteiger partial charge in [0.25, 0.3) is 0 Å². The zero-order valence-electron chi connectivity index (χ0n) is 9.10. The smallest absolute Gasteiger partial charge is 0.122 e. The molecular weight excluding hydrogens is 198 g/mol. The first-order chi connectivity index (χ1) is 7.97. The van der Waals surface area contributed by atoms with Crippen LogP contribution in [0.3, 0.4) is 0 Å². The topological polar surface area (TPSA) is 21.3 Å². The quantitative estimate of drug-likeness (QED) is 0.715. The zero-order chi connectivity index (χ0) is 11.1. The molecule has 2 heteroatoms. The molecule has 1 aromatic carbocycles. The van der Waals surface area contributed by atoms with Crippen molar-refractivity contribution in [2.75, 3.05) is 6.61 Å². The third-order valence-corrected chi connectivity index (χ3v) is 2.32. The fourth-order valence-electron chi connectivity index (χ4n) is 1.53. The number of hydrogen-bond acceptors (Lipinski definition) is 2. The summed E-state index contributed by atoms with van der Waals surface area (Å²) < 4.78 is 5.30. The van der Waals surface area contributed by atoms with Crippen molar-refractivity contribution in [3.05, 3.63) is 66.5 Å². The molecule has 0 radical (unpaired) electrons. The van der Waals surface area contributed by atoms with Crippen molar-refractivity contribution < 1.29 is 4.74 Å². The normalized spacial score (nSPS) is 15.2. The Kier molecular flexibility index (Phi) is 3.83. The Labute approximate surface area is 95.9 Å². The highest BCUT2D eigenvalue weighted by Crippen LogP contribution is 2.23. The van der Waals surface area contributed by atoms with Crippen molar-refractivity contribution in [2.24, 2.45) is 0 Å². The molecule has 2 aliphatic heterocycles. The molecule has 0 bridgehead atoms. The van der Waals surface area contributed by atoms with E-state index in [1.165, 1.54) is 5.56 Å². The number of nitrogens with one attached hydrogen (secondary N) is 1. The van der Waals surface area contributed by atoms with Crippen LogP contribution in [0.2, 0.25) is 0 Å². The summed E-state index contributed by atoms with van der Waals surface area (Å²) in [5.41, 5.74) is 1.34. The van der Waals surface area contributed by atoms with E-state index in [0.717, 1.165) is 18.8 Å². The molecule has 0 fully saturated rings. The van der Waals surface area contributed by atoms with Gasteiger partial charge in [-0.25, -0.2) is 0 Å². The van der Waals surface area contributed by atoms with Gasteiger partial charge in [-0.2, -0.15) is 0 Å². The van der Waals surface area contributed by atoms with Gasteiger partial charge in [0.2, 0.25) is 0 Å². The van der Waals surface area contributed by atoms with Gasteiger partial charge in [-0.15, -0.1) is 0 Å². The number of para-hydroxylation sites is 1. The van der Waals surface area contributed by atoms with Crippen molar-refractivity contribution in [2.45, 2.75) is 6.42 Å². The molecule has 16 heavy (non-hydrogen) atoms. The highest BCUT2D eigenvalue weighted by atomic mass is 16.5. The summed E-state index contributed by atoms with van der Waals surface area (Å²) >= 11 is 0. The van der Waals surface area contributed by atoms with Gasteiger partial charge < -0.3 is 10.1 Å². The summed E-state index contributed by atoms with van der Waals surface area (Å²) in [7, 11) is 0. The molecule has 0 unspecified atom stereocenters. The standard InChI is InChI=1S/C8H8O.C6H7N/c1-2-4-8-7(3-1)5-6-9-8;1-2-4-6-7-5-3-1/h1-4H,5-6H2;1-7H. The molecule has 0 spiro atoms. The zero-order valence-corrected chi connectivity index (χ0v) is 9.10. The van der Waals surface area contributed by atoms with Gasteiger partial charge in [-0.05, 0) is 23.8 Å². The van der Waals surface area contributed by atoms with Crippen molar-refractivity contribution in [3.63, 3.8) is 0 Å². The van der Waals surface area contributed by atoms with Crippen LogP contribution in [0, 0.1) is 0 Å². The monoisotopic (exact) mass is 213 g/mol. The third-order valence-electron chi connectivity index (χ3n) is 2.32. The summed E-state index contributed by atoms with van der Waals surface area (Å²) in [5, 5.41) is 2.92. The fraction of sp³-hybridized carbons (Fsp3) is 0.143. The van der Waals surface area contributed by atoms with E-state index in [1.54, 1.807) is 0 Å². The number of fused-ring (bicyclic) bond motifs is 1. The highest BCUT2D eigenvalue weighted by molar-refractivity contribution is 5.35. The van der Waals surface area contributed by atoms with E-state index in [4.69, 9.17) is 4.74 Å². The highest BCUT2D eigenvalue weighted by Gasteiger charge is 2.08. The average molecular weight is 213 g/mol. The van der Waals surface area contributed by atoms with Gasteiger partial charge >= 0.3 is 0 Å². The first kappa shape index (κ1) is 10.6. The van der Waals surface area contributed by atoms with E-state index >= 15 is 0 Å². The summed E-state index contributed by atoms with van der Waals surface area (Å²) in [6, 6.07) is 8.18. The first-order valence-corrected chi connectivity index (χ1v) is 5.42. The van der Waals surface area contributed by atoms with Gasteiger partial charge in [-0.3, -0.25) is 0 Å². The van der Waals surface area contributed by atoms with Crippen LogP contribution in [0.1, 0.15) is 5.56 Å². The number of allylic oxidation sites excluding steroid dienone is 4. The molecule has 1 N–H and O–H groups in total. The largest absolute Gasteiger partial charge is 0.493 e. The molecule has 0 amide bonds.